The molecule has 0 saturated carbocycles. The summed E-state index contributed by atoms with van der Waals surface area (Å²) in [6, 6.07) is 63.5. The number of nitrogens with zero attached hydrogens (tertiary/aromatic N) is 2. The molecule has 0 bridgehead atoms. The summed E-state index contributed by atoms with van der Waals surface area (Å²) in [5, 5.41) is 1.95. The molecule has 250 valence electrons. The maximum Gasteiger partial charge on any atom is 0.149 e. The van der Waals surface area contributed by atoms with Crippen LogP contribution in [-0.4, -0.2) is 9.55 Å². The van der Waals surface area contributed by atoms with E-state index in [2.05, 4.69) is 132 Å². The maximum absolute atomic E-state index is 15.0. The van der Waals surface area contributed by atoms with Crippen molar-refractivity contribution in [3.63, 3.8) is 0 Å². The third-order valence-electron chi connectivity index (χ3n) is 10.1. The lowest BCUT2D eigenvalue weighted by molar-refractivity contribution is 0.631. The van der Waals surface area contributed by atoms with Gasteiger partial charge in [-0.25, -0.2) is 9.37 Å². The standard InChI is InChI=1S/C49H31FN2O/c50-42-21-11-10-20-37(42)36-24-26-39-46(31-36)53-48-40(28-27-38(47(39)48)33-16-6-2-7-17-33)49-51-43-22-12-13-23-45(43)52(49)44-29-25-35(32-14-4-1-5-15-32)30-41(44)34-18-8-3-9-19-34/h1-31H. The first-order valence-electron chi connectivity index (χ1n) is 17.7. The normalized spacial score (nSPS) is 11.5. The van der Waals surface area contributed by atoms with Crippen LogP contribution in [0, 0.1) is 5.82 Å². The lowest BCUT2D eigenvalue weighted by atomic mass is 9.95. The van der Waals surface area contributed by atoms with Gasteiger partial charge in [-0.2, -0.15) is 0 Å². The van der Waals surface area contributed by atoms with Gasteiger partial charge in [0.2, 0.25) is 0 Å². The molecular formula is C49H31FN2O. The molecule has 0 radical (unpaired) electrons. The molecule has 0 fully saturated rings. The van der Waals surface area contributed by atoms with E-state index in [1.54, 1.807) is 12.1 Å². The number of aromatic nitrogens is 2. The topological polar surface area (TPSA) is 31.0 Å². The number of imidazole rings is 1. The van der Waals surface area contributed by atoms with Gasteiger partial charge in [0.25, 0.3) is 0 Å². The molecule has 2 aromatic heterocycles. The summed E-state index contributed by atoms with van der Waals surface area (Å²) >= 11 is 0. The molecule has 0 aliphatic heterocycles. The van der Waals surface area contributed by atoms with Crippen LogP contribution in [0.5, 0.6) is 0 Å². The molecule has 3 nitrogen and oxygen atoms in total. The third kappa shape index (κ3) is 5.23. The molecule has 0 unspecified atom stereocenters. The molecule has 0 aliphatic rings. The third-order valence-corrected chi connectivity index (χ3v) is 10.1. The van der Waals surface area contributed by atoms with Gasteiger partial charge in [-0.3, -0.25) is 4.57 Å². The molecule has 2 heterocycles. The van der Waals surface area contributed by atoms with E-state index in [1.807, 2.05) is 42.5 Å². The summed E-state index contributed by atoms with van der Waals surface area (Å²) in [6.45, 7) is 0. The zero-order valence-corrected chi connectivity index (χ0v) is 28.6. The minimum atomic E-state index is -0.269. The van der Waals surface area contributed by atoms with E-state index < -0.39 is 0 Å². The van der Waals surface area contributed by atoms with E-state index in [1.165, 1.54) is 6.07 Å². The molecule has 0 atom stereocenters. The van der Waals surface area contributed by atoms with Crippen molar-refractivity contribution in [2.24, 2.45) is 0 Å². The number of furan rings is 1. The Bertz CT molecular complexity index is 2950. The summed E-state index contributed by atoms with van der Waals surface area (Å²) < 4.78 is 24.2. The van der Waals surface area contributed by atoms with Crippen molar-refractivity contribution < 1.29 is 8.81 Å². The molecule has 0 N–H and O–H groups in total. The van der Waals surface area contributed by atoms with Gasteiger partial charge in [-0.1, -0.05) is 140 Å². The largest absolute Gasteiger partial charge is 0.455 e. The molecular weight excluding hydrogens is 652 g/mol. The monoisotopic (exact) mass is 682 g/mol. The number of benzene rings is 8. The molecule has 0 amide bonds. The molecule has 53 heavy (non-hydrogen) atoms. The Morgan fingerprint density at radius 1 is 0.453 bits per heavy atom. The van der Waals surface area contributed by atoms with Crippen molar-refractivity contribution in [1.29, 1.82) is 0 Å². The molecule has 0 spiro atoms. The first kappa shape index (κ1) is 30.8. The highest BCUT2D eigenvalue weighted by atomic mass is 19.1. The Balaban J connectivity index is 1.27. The zero-order chi connectivity index (χ0) is 35.3. The lowest BCUT2D eigenvalue weighted by Crippen LogP contribution is -2.01. The van der Waals surface area contributed by atoms with E-state index in [4.69, 9.17) is 9.40 Å². The molecule has 8 aromatic carbocycles. The Kier molecular flexibility index (Phi) is 7.33. The molecule has 0 saturated heterocycles. The van der Waals surface area contributed by atoms with Gasteiger partial charge in [0, 0.05) is 21.9 Å². The van der Waals surface area contributed by atoms with Crippen molar-refractivity contribution in [2.45, 2.75) is 0 Å². The van der Waals surface area contributed by atoms with Gasteiger partial charge in [-0.05, 0) is 81.9 Å². The highest BCUT2D eigenvalue weighted by Crippen LogP contribution is 2.44. The van der Waals surface area contributed by atoms with Crippen LogP contribution in [0.25, 0.3) is 94.6 Å². The Hall–Kier alpha value is -7.04. The smallest absolute Gasteiger partial charge is 0.149 e. The van der Waals surface area contributed by atoms with Gasteiger partial charge in [0.1, 0.15) is 22.8 Å². The number of hydrogen-bond acceptors (Lipinski definition) is 2. The first-order chi connectivity index (χ1) is 26.2. The van der Waals surface area contributed by atoms with Gasteiger partial charge in [0.15, 0.2) is 0 Å². The average molecular weight is 683 g/mol. The fraction of sp³-hybridized carbons (Fsp3) is 0. The minimum absolute atomic E-state index is 0.269. The molecule has 10 rings (SSSR count). The van der Waals surface area contributed by atoms with Crippen LogP contribution < -0.4 is 0 Å². The highest BCUT2D eigenvalue weighted by Gasteiger charge is 2.24. The second kappa shape index (κ2) is 12.6. The number of para-hydroxylation sites is 2. The average Bonchev–Trinajstić information content (AvgIpc) is 3.80. The van der Waals surface area contributed by atoms with Crippen LogP contribution in [0.1, 0.15) is 0 Å². The summed E-state index contributed by atoms with van der Waals surface area (Å²) in [7, 11) is 0. The molecule has 4 heteroatoms. The fourth-order valence-electron chi connectivity index (χ4n) is 7.62. The van der Waals surface area contributed by atoms with Crippen molar-refractivity contribution in [1.82, 2.24) is 9.55 Å². The first-order valence-corrected chi connectivity index (χ1v) is 17.7. The fourth-order valence-corrected chi connectivity index (χ4v) is 7.62. The lowest BCUT2D eigenvalue weighted by Gasteiger charge is -2.17. The highest BCUT2D eigenvalue weighted by molar-refractivity contribution is 6.16. The SMILES string of the molecule is Fc1ccccc1-c1ccc2c(c1)oc1c(-c3nc4ccccc4n3-c3ccc(-c4ccccc4)cc3-c3ccccc3)ccc(-c3ccccc3)c12. The van der Waals surface area contributed by atoms with E-state index in [-0.39, 0.29) is 5.82 Å². The summed E-state index contributed by atoms with van der Waals surface area (Å²) in [5.74, 6) is 0.503. The Morgan fingerprint density at radius 3 is 1.83 bits per heavy atom. The number of rotatable bonds is 6. The van der Waals surface area contributed by atoms with Gasteiger partial charge >= 0.3 is 0 Å². The Morgan fingerprint density at radius 2 is 1.08 bits per heavy atom. The predicted molar refractivity (Wildman–Crippen MR) is 215 cm³/mol. The van der Waals surface area contributed by atoms with Crippen molar-refractivity contribution in [3.8, 4) is 61.6 Å². The second-order valence-electron chi connectivity index (χ2n) is 13.2. The van der Waals surface area contributed by atoms with Crippen molar-refractivity contribution >= 4 is 33.0 Å². The second-order valence-corrected chi connectivity index (χ2v) is 13.2. The number of hydrogen-bond donors (Lipinski definition) is 0. The molecule has 10 aromatic rings. The van der Waals surface area contributed by atoms with E-state index in [0.29, 0.717) is 11.1 Å². The quantitative estimate of drug-likeness (QED) is 0.175. The van der Waals surface area contributed by atoms with Crippen LogP contribution in [0.2, 0.25) is 0 Å². The minimum Gasteiger partial charge on any atom is -0.455 e. The van der Waals surface area contributed by atoms with E-state index in [9.17, 15) is 4.39 Å². The zero-order valence-electron chi connectivity index (χ0n) is 28.6. The van der Waals surface area contributed by atoms with Crippen LogP contribution in [0.3, 0.4) is 0 Å². The van der Waals surface area contributed by atoms with E-state index in [0.717, 1.165) is 83.4 Å². The predicted octanol–water partition coefficient (Wildman–Crippen LogP) is 13.4. The van der Waals surface area contributed by atoms with Gasteiger partial charge in [-0.15, -0.1) is 0 Å². The van der Waals surface area contributed by atoms with Crippen LogP contribution in [-0.2, 0) is 0 Å². The maximum atomic E-state index is 15.0. The van der Waals surface area contributed by atoms with Crippen LogP contribution >= 0.6 is 0 Å². The van der Waals surface area contributed by atoms with Gasteiger partial charge < -0.3 is 4.42 Å². The van der Waals surface area contributed by atoms with Crippen LogP contribution in [0.15, 0.2) is 192 Å². The van der Waals surface area contributed by atoms with Crippen LogP contribution in [0.4, 0.5) is 4.39 Å². The summed E-state index contributed by atoms with van der Waals surface area (Å²) in [4.78, 5) is 5.33. The number of fused-ring (bicyclic) bond motifs is 4. The number of halogens is 1. The Labute approximate surface area is 305 Å². The summed E-state index contributed by atoms with van der Waals surface area (Å²) in [6.07, 6.45) is 0. The van der Waals surface area contributed by atoms with Crippen molar-refractivity contribution in [3.05, 3.63) is 194 Å². The molecule has 0 aliphatic carbocycles. The van der Waals surface area contributed by atoms with E-state index >= 15 is 0 Å². The summed E-state index contributed by atoms with van der Waals surface area (Å²) in [5.41, 5.74) is 13.1. The van der Waals surface area contributed by atoms with Gasteiger partial charge in [0.05, 0.1) is 22.3 Å². The van der Waals surface area contributed by atoms with Crippen molar-refractivity contribution in [2.75, 3.05) is 0 Å².